The number of carbonyl (C=O) groups excluding carboxylic acids is 1. The molecule has 0 aliphatic carbocycles. The maximum Gasteiger partial charge on any atom is 0.281 e. The molecule has 0 unspecified atom stereocenters. The number of thiazole rings is 1. The summed E-state index contributed by atoms with van der Waals surface area (Å²) < 4.78 is 26.4. The van der Waals surface area contributed by atoms with E-state index in [1.54, 1.807) is 42.1 Å². The summed E-state index contributed by atoms with van der Waals surface area (Å²) in [6.07, 6.45) is 3.16. The zero-order valence-electron chi connectivity index (χ0n) is 15.0. The average Bonchev–Trinajstić information content (AvgIpc) is 2.97. The molecule has 148 valence electrons. The van der Waals surface area contributed by atoms with E-state index in [2.05, 4.69) is 4.99 Å². The van der Waals surface area contributed by atoms with Crippen LogP contribution in [0.4, 0.5) is 0 Å². The Kier molecular flexibility index (Phi) is 6.56. The fourth-order valence-electron chi connectivity index (χ4n) is 2.58. The average molecular weight is 475 g/mol. The number of hydrogen-bond acceptors (Lipinski definition) is 5. The molecule has 28 heavy (non-hydrogen) atoms. The third-order valence-electron chi connectivity index (χ3n) is 3.96. The first kappa shape index (κ1) is 21.4. The van der Waals surface area contributed by atoms with Gasteiger partial charge in [-0.15, -0.1) is 0 Å². The molecule has 1 amide bonds. The van der Waals surface area contributed by atoms with Crippen LogP contribution in [0.15, 0.2) is 46.3 Å². The lowest BCUT2D eigenvalue weighted by atomic mass is 10.2. The quantitative estimate of drug-likeness (QED) is 0.544. The van der Waals surface area contributed by atoms with Crippen LogP contribution < -0.4 is 4.80 Å². The number of benzene rings is 2. The van der Waals surface area contributed by atoms with E-state index in [1.165, 1.54) is 23.7 Å². The largest absolute Gasteiger partial charge is 0.316 e. The van der Waals surface area contributed by atoms with Gasteiger partial charge in [0.2, 0.25) is 0 Å². The first-order valence-electron chi connectivity index (χ1n) is 8.07. The maximum absolute atomic E-state index is 12.7. The summed E-state index contributed by atoms with van der Waals surface area (Å²) in [5.41, 5.74) is 1.05. The third kappa shape index (κ3) is 4.63. The lowest BCUT2D eigenvalue weighted by Crippen LogP contribution is -2.18. The maximum atomic E-state index is 12.7. The smallest absolute Gasteiger partial charge is 0.281 e. The fourth-order valence-corrected chi connectivity index (χ4v) is 5.13. The van der Waals surface area contributed by atoms with E-state index in [1.807, 2.05) is 10.8 Å². The normalized spacial score (nSPS) is 12.6. The number of halogens is 2. The van der Waals surface area contributed by atoms with Crippen molar-refractivity contribution in [3.05, 3.63) is 56.8 Å². The van der Waals surface area contributed by atoms with Gasteiger partial charge in [0.25, 0.3) is 5.91 Å². The number of hydrogen-bond donors (Lipinski definition) is 0. The highest BCUT2D eigenvalue weighted by Crippen LogP contribution is 2.24. The second-order valence-electron chi connectivity index (χ2n) is 5.97. The van der Waals surface area contributed by atoms with Crippen LogP contribution in [0, 0.1) is 0 Å². The van der Waals surface area contributed by atoms with Gasteiger partial charge in [-0.3, -0.25) is 4.79 Å². The van der Waals surface area contributed by atoms with Crippen molar-refractivity contribution in [1.82, 2.24) is 4.57 Å². The molecule has 0 radical (unpaired) electrons. The number of rotatable bonds is 5. The second-order valence-corrected chi connectivity index (χ2v) is 10.8. The highest BCUT2D eigenvalue weighted by Gasteiger charge is 2.14. The lowest BCUT2D eigenvalue weighted by molar-refractivity contribution is 0.0998. The van der Waals surface area contributed by atoms with E-state index < -0.39 is 15.7 Å². The molecule has 0 aliphatic heterocycles. The van der Waals surface area contributed by atoms with Crippen LogP contribution in [0.25, 0.3) is 10.2 Å². The van der Waals surface area contributed by atoms with Gasteiger partial charge in [-0.05, 0) is 42.7 Å². The Bertz CT molecular complexity index is 1230. The molecule has 10 heteroatoms. The molecule has 3 aromatic rings. The van der Waals surface area contributed by atoms with Crippen LogP contribution in [0.1, 0.15) is 10.4 Å². The molecule has 0 N–H and O–H groups in total. The van der Waals surface area contributed by atoms with Gasteiger partial charge in [0.15, 0.2) is 14.6 Å². The summed E-state index contributed by atoms with van der Waals surface area (Å²) >= 11 is 15.0. The predicted octanol–water partition coefficient (Wildman–Crippen LogP) is 4.52. The van der Waals surface area contributed by atoms with E-state index in [-0.39, 0.29) is 15.5 Å². The number of aromatic nitrogens is 1. The van der Waals surface area contributed by atoms with Crippen LogP contribution in [-0.2, 0) is 16.4 Å². The van der Waals surface area contributed by atoms with Crippen molar-refractivity contribution in [3.8, 4) is 0 Å². The molecule has 1 aromatic heterocycles. The zero-order valence-corrected chi connectivity index (χ0v) is 18.9. The Hall–Kier alpha value is -1.32. The Morgan fingerprint density at radius 2 is 1.96 bits per heavy atom. The molecule has 0 spiro atoms. The van der Waals surface area contributed by atoms with Crippen molar-refractivity contribution in [1.29, 1.82) is 0 Å². The Morgan fingerprint density at radius 3 is 2.64 bits per heavy atom. The van der Waals surface area contributed by atoms with E-state index >= 15 is 0 Å². The van der Waals surface area contributed by atoms with Gasteiger partial charge in [0.1, 0.15) is 0 Å². The van der Waals surface area contributed by atoms with E-state index in [9.17, 15) is 13.2 Å². The Morgan fingerprint density at radius 1 is 1.21 bits per heavy atom. The van der Waals surface area contributed by atoms with Crippen LogP contribution in [0.5, 0.6) is 0 Å². The van der Waals surface area contributed by atoms with E-state index in [0.717, 1.165) is 16.0 Å². The number of thioether (sulfide) groups is 1. The Balaban J connectivity index is 2.18. The van der Waals surface area contributed by atoms with Crippen molar-refractivity contribution < 1.29 is 13.2 Å². The fraction of sp³-hybridized carbons (Fsp3) is 0.222. The lowest BCUT2D eigenvalue weighted by Gasteiger charge is -2.05. The summed E-state index contributed by atoms with van der Waals surface area (Å²) in [6, 6.07) is 9.57. The predicted molar refractivity (Wildman–Crippen MR) is 118 cm³/mol. The van der Waals surface area contributed by atoms with Crippen molar-refractivity contribution >= 4 is 72.3 Å². The monoisotopic (exact) mass is 474 g/mol. The topological polar surface area (TPSA) is 68.5 Å². The van der Waals surface area contributed by atoms with Crippen molar-refractivity contribution in [2.24, 2.45) is 4.99 Å². The molecule has 1 heterocycles. The third-order valence-corrected chi connectivity index (χ3v) is 7.26. The van der Waals surface area contributed by atoms with Crippen LogP contribution >= 0.6 is 46.3 Å². The summed E-state index contributed by atoms with van der Waals surface area (Å²) in [6.45, 7) is 0.634. The van der Waals surface area contributed by atoms with Crippen LogP contribution in [-0.4, -0.2) is 37.2 Å². The second kappa shape index (κ2) is 8.59. The Labute approximate surface area is 180 Å². The summed E-state index contributed by atoms with van der Waals surface area (Å²) in [5, 5.41) is 0.668. The van der Waals surface area contributed by atoms with E-state index in [0.29, 0.717) is 16.4 Å². The van der Waals surface area contributed by atoms with Crippen molar-refractivity contribution in [2.45, 2.75) is 11.4 Å². The molecule has 5 nitrogen and oxygen atoms in total. The number of aryl methyl sites for hydroxylation is 1. The summed E-state index contributed by atoms with van der Waals surface area (Å²) in [4.78, 5) is 17.7. The van der Waals surface area contributed by atoms with Gasteiger partial charge in [0.05, 0.1) is 25.7 Å². The minimum absolute atomic E-state index is 0.222. The molecule has 0 aliphatic rings. The molecule has 0 fully saturated rings. The number of carbonyl (C=O) groups is 1. The molecule has 0 saturated heterocycles. The number of nitrogens with zero attached hydrogens (tertiary/aromatic N) is 2. The van der Waals surface area contributed by atoms with Gasteiger partial charge in [0, 0.05) is 23.6 Å². The van der Waals surface area contributed by atoms with Gasteiger partial charge in [-0.1, -0.05) is 34.5 Å². The highest BCUT2D eigenvalue weighted by atomic mass is 35.5. The van der Waals surface area contributed by atoms with E-state index in [4.69, 9.17) is 23.2 Å². The van der Waals surface area contributed by atoms with Crippen molar-refractivity contribution in [3.63, 3.8) is 0 Å². The summed E-state index contributed by atoms with van der Waals surface area (Å²) in [7, 11) is -3.33. The van der Waals surface area contributed by atoms with Crippen molar-refractivity contribution in [2.75, 3.05) is 18.3 Å². The molecular weight excluding hydrogens is 459 g/mol. The zero-order chi connectivity index (χ0) is 20.5. The minimum atomic E-state index is -3.33. The van der Waals surface area contributed by atoms with Gasteiger partial charge in [-0.25, -0.2) is 8.42 Å². The van der Waals surface area contributed by atoms with Gasteiger partial charge >= 0.3 is 0 Å². The summed E-state index contributed by atoms with van der Waals surface area (Å²) in [5.74, 6) is 0.319. The van der Waals surface area contributed by atoms with Gasteiger partial charge < -0.3 is 4.57 Å². The van der Waals surface area contributed by atoms with Crippen LogP contribution in [0.2, 0.25) is 10.0 Å². The molecule has 0 atom stereocenters. The molecule has 0 bridgehead atoms. The molecule has 0 saturated carbocycles. The molecular formula is C18H16Cl2N2O3S3. The number of sulfone groups is 1. The standard InChI is InChI=1S/C18H16Cl2N2O3S3/c1-26-8-7-22-15-6-4-12(28(2,24)25)10-16(15)27-18(22)21-17(23)13-9-11(19)3-5-14(13)20/h3-6,9-10H,7-8H2,1-2H3. The molecule has 2 aromatic carbocycles. The minimum Gasteiger partial charge on any atom is -0.316 e. The van der Waals surface area contributed by atoms with Crippen LogP contribution in [0.3, 0.4) is 0 Å². The number of amides is 1. The number of fused-ring (bicyclic) bond motifs is 1. The molecule has 3 rings (SSSR count). The first-order chi connectivity index (χ1) is 13.2. The highest BCUT2D eigenvalue weighted by molar-refractivity contribution is 7.98. The van der Waals surface area contributed by atoms with Gasteiger partial charge in [-0.2, -0.15) is 16.8 Å². The first-order valence-corrected chi connectivity index (χ1v) is 12.9. The SMILES string of the molecule is CSCCn1c(=NC(=O)c2cc(Cl)ccc2Cl)sc2cc(S(C)(=O)=O)ccc21.